The van der Waals surface area contributed by atoms with Crippen molar-refractivity contribution in [2.45, 2.75) is 0 Å². The minimum atomic E-state index is 0.597. The lowest BCUT2D eigenvalue weighted by Crippen LogP contribution is -1.95. The number of aromatic nitrogens is 2. The fourth-order valence-electron chi connectivity index (χ4n) is 1.98. The van der Waals surface area contributed by atoms with Crippen LogP contribution >= 0.6 is 51.3 Å². The van der Waals surface area contributed by atoms with Crippen molar-refractivity contribution in [3.8, 4) is 5.69 Å². The lowest BCUT2D eigenvalue weighted by molar-refractivity contribution is 1.06. The van der Waals surface area contributed by atoms with Crippen LogP contribution in [0.2, 0.25) is 10.0 Å². The second-order valence-corrected chi connectivity index (χ2v) is 6.14. The van der Waals surface area contributed by atoms with Crippen LogP contribution in [0.1, 0.15) is 0 Å². The van der Waals surface area contributed by atoms with Crippen molar-refractivity contribution in [3.63, 3.8) is 0 Å². The third kappa shape index (κ3) is 2.34. The molecule has 0 saturated heterocycles. The maximum atomic E-state index is 6.06. The highest BCUT2D eigenvalue weighted by molar-refractivity contribution is 9.10. The molecule has 0 bridgehead atoms. The second-order valence-electron chi connectivity index (χ2n) is 4.02. The molecule has 0 aliphatic carbocycles. The summed E-state index contributed by atoms with van der Waals surface area (Å²) in [4.78, 5) is 3.14. The first-order chi connectivity index (χ1) is 9.06. The standard InChI is InChI=1S/C13H7BrCl2N2S/c14-9-3-1-8(16)6-12(9)18-11-4-2-7(15)5-10(11)17-13(18)19/h1-6H,(H,17,19). The van der Waals surface area contributed by atoms with Crippen molar-refractivity contribution in [3.05, 3.63) is 55.7 Å². The largest absolute Gasteiger partial charge is 0.330 e. The first-order valence-electron chi connectivity index (χ1n) is 5.42. The SMILES string of the molecule is S=c1[nH]c2cc(Cl)ccc2n1-c1cc(Cl)ccc1Br. The molecular weight excluding hydrogens is 367 g/mol. The van der Waals surface area contributed by atoms with E-state index in [1.165, 1.54) is 0 Å². The van der Waals surface area contributed by atoms with Gasteiger partial charge in [-0.25, -0.2) is 0 Å². The van der Waals surface area contributed by atoms with Gasteiger partial charge in [0.2, 0.25) is 0 Å². The Morgan fingerprint density at radius 1 is 1.05 bits per heavy atom. The van der Waals surface area contributed by atoms with E-state index >= 15 is 0 Å². The Morgan fingerprint density at radius 2 is 1.74 bits per heavy atom. The number of rotatable bonds is 1. The molecule has 1 aromatic heterocycles. The highest BCUT2D eigenvalue weighted by atomic mass is 79.9. The smallest absolute Gasteiger partial charge is 0.182 e. The molecule has 0 aliphatic rings. The molecule has 3 aromatic rings. The van der Waals surface area contributed by atoms with Gasteiger partial charge >= 0.3 is 0 Å². The third-order valence-corrected chi connectivity index (χ3v) is 4.22. The van der Waals surface area contributed by atoms with Crippen LogP contribution in [-0.4, -0.2) is 9.55 Å². The number of hydrogen-bond acceptors (Lipinski definition) is 1. The van der Waals surface area contributed by atoms with E-state index in [0.717, 1.165) is 21.2 Å². The van der Waals surface area contributed by atoms with Crippen LogP contribution in [-0.2, 0) is 0 Å². The fourth-order valence-corrected chi connectivity index (χ4v) is 3.05. The fraction of sp³-hybridized carbons (Fsp3) is 0. The van der Waals surface area contributed by atoms with Gasteiger partial charge in [0.25, 0.3) is 0 Å². The molecular formula is C13H7BrCl2N2S. The Morgan fingerprint density at radius 3 is 2.53 bits per heavy atom. The van der Waals surface area contributed by atoms with E-state index in [4.69, 9.17) is 35.4 Å². The van der Waals surface area contributed by atoms with Crippen LogP contribution in [0.15, 0.2) is 40.9 Å². The molecule has 3 rings (SSSR count). The predicted molar refractivity (Wildman–Crippen MR) is 86.2 cm³/mol. The average molecular weight is 374 g/mol. The second kappa shape index (κ2) is 4.94. The molecule has 2 nitrogen and oxygen atoms in total. The molecule has 96 valence electrons. The highest BCUT2D eigenvalue weighted by Gasteiger charge is 2.10. The normalized spacial score (nSPS) is 11.1. The summed E-state index contributed by atoms with van der Waals surface area (Å²) in [5.41, 5.74) is 2.74. The van der Waals surface area contributed by atoms with Gasteiger partial charge in [0.1, 0.15) is 0 Å². The summed E-state index contributed by atoms with van der Waals surface area (Å²) < 4.78 is 3.45. The Bertz CT molecular complexity index is 838. The lowest BCUT2D eigenvalue weighted by Gasteiger charge is -2.07. The van der Waals surface area contributed by atoms with E-state index < -0.39 is 0 Å². The summed E-state index contributed by atoms with van der Waals surface area (Å²) in [6.45, 7) is 0. The molecule has 0 atom stereocenters. The van der Waals surface area contributed by atoms with E-state index in [-0.39, 0.29) is 0 Å². The number of nitrogens with zero attached hydrogens (tertiary/aromatic N) is 1. The number of H-pyrrole nitrogens is 1. The Kier molecular flexibility index (Phi) is 3.43. The summed E-state index contributed by atoms with van der Waals surface area (Å²) in [7, 11) is 0. The maximum Gasteiger partial charge on any atom is 0.182 e. The Labute approximate surface area is 133 Å². The zero-order valence-electron chi connectivity index (χ0n) is 9.45. The number of benzene rings is 2. The van der Waals surface area contributed by atoms with Crippen molar-refractivity contribution < 1.29 is 0 Å². The predicted octanol–water partition coefficient (Wildman–Crippen LogP) is 5.76. The molecule has 0 fully saturated rings. The average Bonchev–Trinajstić information content (AvgIpc) is 2.67. The van der Waals surface area contributed by atoms with E-state index in [1.54, 1.807) is 0 Å². The van der Waals surface area contributed by atoms with Gasteiger partial charge in [-0.3, -0.25) is 4.57 Å². The molecule has 0 radical (unpaired) electrons. The van der Waals surface area contributed by atoms with Crippen LogP contribution in [0.25, 0.3) is 16.7 Å². The van der Waals surface area contributed by atoms with Crippen molar-refractivity contribution in [1.82, 2.24) is 9.55 Å². The highest BCUT2D eigenvalue weighted by Crippen LogP contribution is 2.29. The van der Waals surface area contributed by atoms with Gasteiger partial charge in [0.15, 0.2) is 4.77 Å². The summed E-state index contributed by atoms with van der Waals surface area (Å²) in [6.07, 6.45) is 0. The van der Waals surface area contributed by atoms with Gasteiger partial charge in [-0.05, 0) is 64.5 Å². The van der Waals surface area contributed by atoms with Crippen LogP contribution in [0, 0.1) is 4.77 Å². The topological polar surface area (TPSA) is 20.7 Å². The van der Waals surface area contributed by atoms with Crippen LogP contribution in [0.3, 0.4) is 0 Å². The molecule has 1 N–H and O–H groups in total. The molecule has 0 aliphatic heterocycles. The van der Waals surface area contributed by atoms with Gasteiger partial charge in [0, 0.05) is 14.5 Å². The monoisotopic (exact) mass is 372 g/mol. The number of aromatic amines is 1. The molecule has 0 unspecified atom stereocenters. The summed E-state index contributed by atoms with van der Waals surface area (Å²) in [5.74, 6) is 0. The van der Waals surface area contributed by atoms with Gasteiger partial charge in [0.05, 0.1) is 16.7 Å². The van der Waals surface area contributed by atoms with Gasteiger partial charge < -0.3 is 4.98 Å². The number of hydrogen-bond donors (Lipinski definition) is 1. The van der Waals surface area contributed by atoms with Crippen LogP contribution < -0.4 is 0 Å². The molecule has 6 heteroatoms. The van der Waals surface area contributed by atoms with E-state index in [0.29, 0.717) is 14.8 Å². The minimum Gasteiger partial charge on any atom is -0.330 e. The molecule has 19 heavy (non-hydrogen) atoms. The van der Waals surface area contributed by atoms with Crippen LogP contribution in [0.4, 0.5) is 0 Å². The summed E-state index contributed by atoms with van der Waals surface area (Å²) in [5, 5.41) is 1.32. The first kappa shape index (κ1) is 13.2. The van der Waals surface area contributed by atoms with E-state index in [1.807, 2.05) is 41.0 Å². The van der Waals surface area contributed by atoms with Crippen molar-refractivity contribution in [1.29, 1.82) is 0 Å². The number of nitrogens with one attached hydrogen (secondary N) is 1. The van der Waals surface area contributed by atoms with Crippen molar-refractivity contribution >= 4 is 62.4 Å². The van der Waals surface area contributed by atoms with Gasteiger partial charge in [-0.1, -0.05) is 23.2 Å². The molecule has 0 spiro atoms. The maximum absolute atomic E-state index is 6.06. The quantitative estimate of drug-likeness (QED) is 0.538. The van der Waals surface area contributed by atoms with Crippen molar-refractivity contribution in [2.75, 3.05) is 0 Å². The van der Waals surface area contributed by atoms with Gasteiger partial charge in [-0.15, -0.1) is 0 Å². The summed E-state index contributed by atoms with van der Waals surface area (Å²) >= 11 is 21.0. The molecule has 2 aromatic carbocycles. The summed E-state index contributed by atoms with van der Waals surface area (Å²) in [6, 6.07) is 11.2. The Balaban J connectivity index is 2.39. The van der Waals surface area contributed by atoms with Crippen LogP contribution in [0.5, 0.6) is 0 Å². The van der Waals surface area contributed by atoms with Gasteiger partial charge in [-0.2, -0.15) is 0 Å². The number of fused-ring (bicyclic) bond motifs is 1. The minimum absolute atomic E-state index is 0.597. The first-order valence-corrected chi connectivity index (χ1v) is 7.38. The van der Waals surface area contributed by atoms with E-state index in [2.05, 4.69) is 20.9 Å². The van der Waals surface area contributed by atoms with Crippen molar-refractivity contribution in [2.24, 2.45) is 0 Å². The zero-order valence-corrected chi connectivity index (χ0v) is 13.4. The third-order valence-electron chi connectivity index (χ3n) is 2.79. The zero-order chi connectivity index (χ0) is 13.6. The number of imidazole rings is 1. The Hall–Kier alpha value is -0.810. The lowest BCUT2D eigenvalue weighted by atomic mass is 10.3. The molecule has 0 saturated carbocycles. The number of halogens is 3. The molecule has 1 heterocycles. The molecule has 0 amide bonds. The van der Waals surface area contributed by atoms with E-state index in [9.17, 15) is 0 Å².